The first-order chi connectivity index (χ1) is 9.22. The van der Waals surface area contributed by atoms with Crippen LogP contribution in [-0.2, 0) is 7.05 Å². The van der Waals surface area contributed by atoms with Gasteiger partial charge in [-0.3, -0.25) is 0 Å². The summed E-state index contributed by atoms with van der Waals surface area (Å²) in [4.78, 5) is 8.90. The number of aryl methyl sites for hydroxylation is 1. The second kappa shape index (κ2) is 6.76. The summed E-state index contributed by atoms with van der Waals surface area (Å²) in [7, 11) is 1.91. The minimum atomic E-state index is 0.755. The van der Waals surface area contributed by atoms with Crippen molar-refractivity contribution in [3.63, 3.8) is 0 Å². The summed E-state index contributed by atoms with van der Waals surface area (Å²) >= 11 is 3.01. The number of hydrogen-bond acceptors (Lipinski definition) is 7. The molecule has 0 aromatic carbocycles. The molecule has 0 atom stereocenters. The van der Waals surface area contributed by atoms with E-state index in [9.17, 15) is 0 Å². The summed E-state index contributed by atoms with van der Waals surface area (Å²) < 4.78 is 1.87. The van der Waals surface area contributed by atoms with E-state index in [-0.39, 0.29) is 0 Å². The molecule has 2 aromatic heterocycles. The summed E-state index contributed by atoms with van der Waals surface area (Å²) in [6, 6.07) is 1.94. The largest absolute Gasteiger partial charge is 0.370 e. The van der Waals surface area contributed by atoms with E-state index in [1.807, 2.05) is 23.9 Å². The zero-order chi connectivity index (χ0) is 13.7. The Morgan fingerprint density at radius 3 is 2.84 bits per heavy atom. The average molecular weight is 296 g/mol. The molecule has 0 radical (unpaired) electrons. The van der Waals surface area contributed by atoms with Gasteiger partial charge in [0, 0.05) is 19.7 Å². The first kappa shape index (κ1) is 14.1. The molecule has 102 valence electrons. The lowest BCUT2D eigenvalue weighted by molar-refractivity contribution is 0.784. The number of nitrogens with one attached hydrogen (secondary N) is 1. The second-order valence-electron chi connectivity index (χ2n) is 3.83. The average Bonchev–Trinajstić information content (AvgIpc) is 2.81. The highest BCUT2D eigenvalue weighted by Crippen LogP contribution is 2.26. The summed E-state index contributed by atoms with van der Waals surface area (Å²) in [5.41, 5.74) is 0. The molecule has 0 amide bonds. The predicted octanol–water partition coefficient (Wildman–Crippen LogP) is 2.30. The van der Waals surface area contributed by atoms with Crippen molar-refractivity contribution in [2.75, 3.05) is 18.1 Å². The molecule has 0 aliphatic carbocycles. The molecule has 2 heterocycles. The highest BCUT2D eigenvalue weighted by atomic mass is 32.2. The van der Waals surface area contributed by atoms with Crippen molar-refractivity contribution in [3.05, 3.63) is 12.4 Å². The predicted molar refractivity (Wildman–Crippen MR) is 77.7 cm³/mol. The van der Waals surface area contributed by atoms with Crippen LogP contribution in [0.2, 0.25) is 0 Å². The second-order valence-corrected chi connectivity index (χ2v) is 5.59. The molecular weight excluding hydrogens is 280 g/mol. The Morgan fingerprint density at radius 1 is 1.37 bits per heavy atom. The van der Waals surface area contributed by atoms with Gasteiger partial charge in [-0.1, -0.05) is 18.7 Å². The van der Waals surface area contributed by atoms with E-state index in [0.717, 1.165) is 34.1 Å². The van der Waals surface area contributed by atoms with Crippen LogP contribution in [0.5, 0.6) is 0 Å². The van der Waals surface area contributed by atoms with Gasteiger partial charge >= 0.3 is 0 Å². The van der Waals surface area contributed by atoms with E-state index >= 15 is 0 Å². The van der Waals surface area contributed by atoms with Crippen molar-refractivity contribution in [1.29, 1.82) is 0 Å². The van der Waals surface area contributed by atoms with Gasteiger partial charge in [-0.25, -0.2) is 9.97 Å². The van der Waals surface area contributed by atoms with Crippen LogP contribution >= 0.6 is 23.5 Å². The molecule has 2 aromatic rings. The van der Waals surface area contributed by atoms with Crippen molar-refractivity contribution in [2.45, 2.75) is 28.7 Å². The molecule has 2 rings (SSSR count). The van der Waals surface area contributed by atoms with Crippen molar-refractivity contribution in [2.24, 2.45) is 7.05 Å². The van der Waals surface area contributed by atoms with Gasteiger partial charge in [0.1, 0.15) is 17.2 Å². The minimum Gasteiger partial charge on any atom is -0.370 e. The zero-order valence-corrected chi connectivity index (χ0v) is 12.8. The molecule has 0 saturated carbocycles. The Labute approximate surface area is 120 Å². The van der Waals surface area contributed by atoms with Crippen LogP contribution in [0.25, 0.3) is 0 Å². The first-order valence-electron chi connectivity index (χ1n) is 5.91. The molecule has 0 spiro atoms. The molecule has 8 heteroatoms. The molecular formula is C11H16N6S2. The number of hydrogen-bond donors (Lipinski definition) is 1. The molecule has 0 aliphatic rings. The lowest BCUT2D eigenvalue weighted by atomic mass is 10.4. The number of anilines is 1. The third-order valence-electron chi connectivity index (χ3n) is 2.29. The summed E-state index contributed by atoms with van der Waals surface area (Å²) in [5.74, 6) is 0.853. The monoisotopic (exact) mass is 296 g/mol. The van der Waals surface area contributed by atoms with E-state index in [2.05, 4.69) is 32.4 Å². The summed E-state index contributed by atoms with van der Waals surface area (Å²) in [6.07, 6.45) is 4.70. The van der Waals surface area contributed by atoms with Crippen molar-refractivity contribution >= 4 is 29.3 Å². The van der Waals surface area contributed by atoms with E-state index in [1.165, 1.54) is 23.5 Å². The number of nitrogens with zero attached hydrogens (tertiary/aromatic N) is 5. The van der Waals surface area contributed by atoms with E-state index < -0.39 is 0 Å². The Morgan fingerprint density at radius 2 is 2.21 bits per heavy atom. The van der Waals surface area contributed by atoms with Crippen LogP contribution in [0.1, 0.15) is 13.3 Å². The molecule has 0 fully saturated rings. The maximum Gasteiger partial charge on any atom is 0.197 e. The molecule has 0 aliphatic heterocycles. The molecule has 0 unspecified atom stereocenters. The van der Waals surface area contributed by atoms with Crippen LogP contribution < -0.4 is 5.32 Å². The molecule has 0 saturated heterocycles. The van der Waals surface area contributed by atoms with Gasteiger partial charge < -0.3 is 9.88 Å². The third kappa shape index (κ3) is 3.84. The third-order valence-corrected chi connectivity index (χ3v) is 3.80. The number of aromatic nitrogens is 5. The maximum absolute atomic E-state index is 4.47. The Kier molecular flexibility index (Phi) is 5.03. The van der Waals surface area contributed by atoms with Crippen molar-refractivity contribution in [3.8, 4) is 0 Å². The van der Waals surface area contributed by atoms with Crippen LogP contribution in [0, 0.1) is 0 Å². The van der Waals surface area contributed by atoms with E-state index in [0.29, 0.717) is 0 Å². The van der Waals surface area contributed by atoms with Gasteiger partial charge in [0.25, 0.3) is 0 Å². The van der Waals surface area contributed by atoms with Gasteiger partial charge in [0.05, 0.1) is 0 Å². The Hall–Kier alpha value is -1.28. The molecule has 1 N–H and O–H groups in total. The lowest BCUT2D eigenvalue weighted by Gasteiger charge is -2.07. The van der Waals surface area contributed by atoms with E-state index in [4.69, 9.17) is 0 Å². The van der Waals surface area contributed by atoms with Crippen LogP contribution in [0.4, 0.5) is 5.82 Å². The maximum atomic E-state index is 4.47. The van der Waals surface area contributed by atoms with Gasteiger partial charge in [0.15, 0.2) is 10.3 Å². The van der Waals surface area contributed by atoms with Crippen LogP contribution in [0.3, 0.4) is 0 Å². The SMILES string of the molecule is CCCNc1cc(Sc2nncn2C)nc(SC)n1. The fraction of sp³-hybridized carbons (Fsp3) is 0.455. The highest BCUT2D eigenvalue weighted by molar-refractivity contribution is 7.99. The van der Waals surface area contributed by atoms with Gasteiger partial charge in [-0.05, 0) is 24.4 Å². The fourth-order valence-corrected chi connectivity index (χ4v) is 2.56. The van der Waals surface area contributed by atoms with Gasteiger partial charge in [-0.2, -0.15) is 0 Å². The smallest absolute Gasteiger partial charge is 0.197 e. The fourth-order valence-electron chi connectivity index (χ4n) is 1.35. The van der Waals surface area contributed by atoms with Gasteiger partial charge in [-0.15, -0.1) is 10.2 Å². The van der Waals surface area contributed by atoms with Crippen LogP contribution in [0.15, 0.2) is 27.7 Å². The zero-order valence-electron chi connectivity index (χ0n) is 11.1. The van der Waals surface area contributed by atoms with E-state index in [1.54, 1.807) is 6.33 Å². The van der Waals surface area contributed by atoms with Crippen LogP contribution in [-0.4, -0.2) is 37.5 Å². The van der Waals surface area contributed by atoms with Crippen molar-refractivity contribution in [1.82, 2.24) is 24.7 Å². The highest BCUT2D eigenvalue weighted by Gasteiger charge is 2.08. The normalized spacial score (nSPS) is 10.7. The minimum absolute atomic E-state index is 0.755. The van der Waals surface area contributed by atoms with Crippen molar-refractivity contribution < 1.29 is 0 Å². The lowest BCUT2D eigenvalue weighted by Crippen LogP contribution is -2.04. The molecule has 6 nitrogen and oxygen atoms in total. The summed E-state index contributed by atoms with van der Waals surface area (Å²) in [5, 5.41) is 13.6. The standard InChI is InChI=1S/C11H16N6S2/c1-4-5-12-8-6-9(15-10(14-8)18-3)19-11-16-13-7-17(11)2/h6-7H,4-5H2,1-3H3,(H,12,14,15). The number of rotatable bonds is 6. The topological polar surface area (TPSA) is 68.5 Å². The van der Waals surface area contributed by atoms with Gasteiger partial charge in [0.2, 0.25) is 0 Å². The first-order valence-corrected chi connectivity index (χ1v) is 7.96. The quantitative estimate of drug-likeness (QED) is 0.498. The Bertz CT molecular complexity index is 542. The molecule has 19 heavy (non-hydrogen) atoms. The number of thioether (sulfide) groups is 1. The molecule has 0 bridgehead atoms. The Balaban J connectivity index is 2.21. The summed E-state index contributed by atoms with van der Waals surface area (Å²) in [6.45, 7) is 3.03.